The van der Waals surface area contributed by atoms with Gasteiger partial charge in [-0.2, -0.15) is 0 Å². The maximum absolute atomic E-state index is 14.2. The zero-order chi connectivity index (χ0) is 33.8. The summed E-state index contributed by atoms with van der Waals surface area (Å²) in [6.07, 6.45) is 5.81. The molecule has 10 heteroatoms. The summed E-state index contributed by atoms with van der Waals surface area (Å²) < 4.78 is 16.8. The van der Waals surface area contributed by atoms with Crippen LogP contribution in [0.25, 0.3) is 21.6 Å². The van der Waals surface area contributed by atoms with Gasteiger partial charge in [-0.15, -0.1) is 11.3 Å². The molecule has 0 radical (unpaired) electrons. The van der Waals surface area contributed by atoms with Crippen LogP contribution in [0, 0.1) is 0 Å². The number of hydrogen-bond donors (Lipinski definition) is 2. The Morgan fingerprint density at radius 1 is 0.958 bits per heavy atom. The fourth-order valence-electron chi connectivity index (χ4n) is 6.29. The molecule has 6 rings (SSSR count). The molecule has 0 saturated heterocycles. The first-order valence-corrected chi connectivity index (χ1v) is 17.3. The Balaban J connectivity index is 1.35. The van der Waals surface area contributed by atoms with Crippen LogP contribution in [-0.4, -0.2) is 42.3 Å². The normalized spacial score (nSPS) is 14.5. The second-order valence-corrected chi connectivity index (χ2v) is 14.1. The van der Waals surface area contributed by atoms with Crippen LogP contribution in [0.3, 0.4) is 0 Å². The summed E-state index contributed by atoms with van der Waals surface area (Å²) in [7, 11) is 1.35. The van der Waals surface area contributed by atoms with Crippen molar-refractivity contribution in [1.82, 2.24) is 10.3 Å². The maximum atomic E-state index is 14.2. The molecule has 2 aromatic carbocycles. The summed E-state index contributed by atoms with van der Waals surface area (Å²) >= 11 is 1.61. The quantitative estimate of drug-likeness (QED) is 0.190. The van der Waals surface area contributed by atoms with Crippen molar-refractivity contribution in [3.05, 3.63) is 88.1 Å². The summed E-state index contributed by atoms with van der Waals surface area (Å²) in [5.74, 6) is 0.0358. The van der Waals surface area contributed by atoms with E-state index in [-0.39, 0.29) is 24.1 Å². The molecule has 48 heavy (non-hydrogen) atoms. The first-order chi connectivity index (χ1) is 23.1. The third-order valence-corrected chi connectivity index (χ3v) is 9.63. The summed E-state index contributed by atoms with van der Waals surface area (Å²) in [6.45, 7) is 6.21. The lowest BCUT2D eigenvalue weighted by molar-refractivity contribution is 0.0522. The molecule has 2 N–H and O–H groups in total. The zero-order valence-electron chi connectivity index (χ0n) is 27.8. The second-order valence-electron chi connectivity index (χ2n) is 13.2. The van der Waals surface area contributed by atoms with Gasteiger partial charge in [-0.05, 0) is 86.5 Å². The standard InChI is InChI=1S/C38H41N3O6S/c1-38(2,3)47-37(44)39-22-23-10-12-26(13-11-23)40-35(42)29-20-30-32(46-18-16-25-17-19-48-34(25)30)21-28(29)27-14-15-31(24-8-6-5-7-9-24)41-33(27)36(43)45-4/h10-15,17,19-21,24H,5-9,16,18,22H2,1-4H3,(H,39,44)(H,40,42). The van der Waals surface area contributed by atoms with Crippen molar-refractivity contribution in [3.63, 3.8) is 0 Å². The molecule has 2 aromatic heterocycles. The van der Waals surface area contributed by atoms with Crippen molar-refractivity contribution >= 4 is 35.0 Å². The lowest BCUT2D eigenvalue weighted by atomic mass is 9.86. The Morgan fingerprint density at radius 3 is 2.46 bits per heavy atom. The lowest BCUT2D eigenvalue weighted by Gasteiger charge is -2.22. The van der Waals surface area contributed by atoms with E-state index in [0.717, 1.165) is 53.8 Å². The average Bonchev–Trinajstić information content (AvgIpc) is 3.48. The molecule has 1 saturated carbocycles. The molecule has 1 aliphatic heterocycles. The van der Waals surface area contributed by atoms with Crippen molar-refractivity contribution < 1.29 is 28.6 Å². The zero-order valence-corrected chi connectivity index (χ0v) is 28.6. The van der Waals surface area contributed by atoms with Gasteiger partial charge in [-0.25, -0.2) is 14.6 Å². The molecule has 2 amide bonds. The Kier molecular flexibility index (Phi) is 9.82. The molecule has 0 spiro atoms. The molecule has 9 nitrogen and oxygen atoms in total. The van der Waals surface area contributed by atoms with Crippen LogP contribution in [0.1, 0.15) is 96.5 Å². The highest BCUT2D eigenvalue weighted by Gasteiger charge is 2.28. The monoisotopic (exact) mass is 667 g/mol. The lowest BCUT2D eigenvalue weighted by Crippen LogP contribution is -2.32. The summed E-state index contributed by atoms with van der Waals surface area (Å²) in [4.78, 5) is 45.4. The van der Waals surface area contributed by atoms with Gasteiger partial charge in [-0.1, -0.05) is 37.5 Å². The summed E-state index contributed by atoms with van der Waals surface area (Å²) in [5, 5.41) is 7.83. The molecule has 2 aliphatic rings. The van der Waals surface area contributed by atoms with E-state index in [2.05, 4.69) is 22.1 Å². The molecule has 4 aromatic rings. The number of anilines is 1. The van der Waals surface area contributed by atoms with Gasteiger partial charge in [0.2, 0.25) is 0 Å². The van der Waals surface area contributed by atoms with E-state index in [9.17, 15) is 14.4 Å². The number of thiophene rings is 1. The van der Waals surface area contributed by atoms with E-state index in [1.807, 2.05) is 57.2 Å². The molecule has 3 heterocycles. The fraction of sp³-hybridized carbons (Fsp3) is 0.368. The highest BCUT2D eigenvalue weighted by molar-refractivity contribution is 7.13. The third kappa shape index (κ3) is 7.54. The van der Waals surface area contributed by atoms with Crippen LogP contribution in [0.4, 0.5) is 10.5 Å². The number of carbonyl (C=O) groups excluding carboxylic acids is 3. The van der Waals surface area contributed by atoms with E-state index in [4.69, 9.17) is 19.2 Å². The Bertz CT molecular complexity index is 1820. The predicted octanol–water partition coefficient (Wildman–Crippen LogP) is 8.52. The molecule has 0 unspecified atom stereocenters. The highest BCUT2D eigenvalue weighted by Crippen LogP contribution is 2.44. The van der Waals surface area contributed by atoms with Gasteiger partial charge in [-0.3, -0.25) is 4.79 Å². The third-order valence-electron chi connectivity index (χ3n) is 8.64. The van der Waals surface area contributed by atoms with Gasteiger partial charge in [0.05, 0.1) is 13.7 Å². The van der Waals surface area contributed by atoms with E-state index in [1.165, 1.54) is 19.1 Å². The number of benzene rings is 2. The maximum Gasteiger partial charge on any atom is 0.407 e. The van der Waals surface area contributed by atoms with Crippen molar-refractivity contribution in [2.45, 2.75) is 77.4 Å². The SMILES string of the molecule is COC(=O)c1nc(C2CCCCC2)ccc1-c1cc2c(cc1C(=O)Nc1ccc(CNC(=O)OC(C)(C)C)cc1)-c1sccc1CCO2. The molecule has 1 fully saturated rings. The molecule has 0 bridgehead atoms. The van der Waals surface area contributed by atoms with Crippen molar-refractivity contribution in [2.24, 2.45) is 0 Å². The van der Waals surface area contributed by atoms with E-state index in [1.54, 1.807) is 23.5 Å². The number of aromatic nitrogens is 1. The Morgan fingerprint density at radius 2 is 1.73 bits per heavy atom. The average molecular weight is 668 g/mol. The fourth-order valence-corrected chi connectivity index (χ4v) is 7.27. The minimum atomic E-state index is -0.588. The van der Waals surface area contributed by atoms with Gasteiger partial charge in [0.25, 0.3) is 5.91 Å². The van der Waals surface area contributed by atoms with Gasteiger partial charge in [0.1, 0.15) is 11.4 Å². The minimum absolute atomic E-state index is 0.182. The Labute approximate surface area is 285 Å². The number of pyridine rings is 1. The van der Waals surface area contributed by atoms with Crippen molar-refractivity contribution in [3.8, 4) is 27.3 Å². The van der Waals surface area contributed by atoms with Gasteiger partial charge < -0.3 is 24.8 Å². The van der Waals surface area contributed by atoms with E-state index >= 15 is 0 Å². The van der Waals surface area contributed by atoms with Crippen LogP contribution in [0.5, 0.6) is 5.75 Å². The number of amides is 2. The number of ether oxygens (including phenoxy) is 3. The minimum Gasteiger partial charge on any atom is -0.493 e. The number of esters is 1. The van der Waals surface area contributed by atoms with E-state index < -0.39 is 17.7 Å². The van der Waals surface area contributed by atoms with Crippen LogP contribution in [-0.2, 0) is 22.4 Å². The van der Waals surface area contributed by atoms with Crippen LogP contribution in [0.15, 0.2) is 60.0 Å². The summed E-state index contributed by atoms with van der Waals surface area (Å²) in [6, 6.07) is 16.9. The smallest absolute Gasteiger partial charge is 0.407 e. The molecule has 1 aliphatic carbocycles. The van der Waals surface area contributed by atoms with Crippen LogP contribution in [0.2, 0.25) is 0 Å². The molecule has 0 atom stereocenters. The number of hydrogen-bond acceptors (Lipinski definition) is 8. The van der Waals surface area contributed by atoms with Crippen molar-refractivity contribution in [1.29, 1.82) is 0 Å². The number of fused-ring (bicyclic) bond motifs is 3. The first-order valence-electron chi connectivity index (χ1n) is 16.4. The number of nitrogens with zero attached hydrogens (tertiary/aromatic N) is 1. The molecular formula is C38H41N3O6S. The molecule has 250 valence electrons. The summed E-state index contributed by atoms with van der Waals surface area (Å²) in [5.41, 5.74) is 5.32. The van der Waals surface area contributed by atoms with Gasteiger partial charge >= 0.3 is 12.1 Å². The van der Waals surface area contributed by atoms with Gasteiger partial charge in [0.15, 0.2) is 5.69 Å². The number of rotatable bonds is 7. The van der Waals surface area contributed by atoms with Gasteiger partial charge in [0, 0.05) is 57.4 Å². The van der Waals surface area contributed by atoms with Crippen LogP contribution >= 0.6 is 11.3 Å². The molecular weight excluding hydrogens is 627 g/mol. The van der Waals surface area contributed by atoms with Crippen LogP contribution < -0.4 is 15.4 Å². The van der Waals surface area contributed by atoms with Crippen molar-refractivity contribution in [2.75, 3.05) is 19.0 Å². The number of alkyl carbamates (subject to hydrolysis) is 1. The number of methoxy groups -OCH3 is 1. The van der Waals surface area contributed by atoms with E-state index in [0.29, 0.717) is 34.7 Å². The second kappa shape index (κ2) is 14.2. The number of nitrogens with one attached hydrogen (secondary N) is 2. The Hall–Kier alpha value is -4.70. The largest absolute Gasteiger partial charge is 0.493 e. The first kappa shape index (κ1) is 33.2. The predicted molar refractivity (Wildman–Crippen MR) is 187 cm³/mol. The topological polar surface area (TPSA) is 116 Å². The highest BCUT2D eigenvalue weighted by atomic mass is 32.1. The number of carbonyl (C=O) groups is 3.